The van der Waals surface area contributed by atoms with Gasteiger partial charge in [-0.25, -0.2) is 9.37 Å². The van der Waals surface area contributed by atoms with Crippen molar-refractivity contribution in [2.75, 3.05) is 6.61 Å². The molecule has 0 amide bonds. The van der Waals surface area contributed by atoms with Gasteiger partial charge in [-0.05, 0) is 37.3 Å². The van der Waals surface area contributed by atoms with Gasteiger partial charge in [-0.15, -0.1) is 0 Å². The zero-order valence-corrected chi connectivity index (χ0v) is 12.4. The van der Waals surface area contributed by atoms with Crippen molar-refractivity contribution >= 4 is 17.6 Å². The number of hydrogen-bond donors (Lipinski definition) is 1. The maximum atomic E-state index is 13.5. The number of ether oxygens (including phenoxy) is 2. The van der Waals surface area contributed by atoms with E-state index in [0.717, 1.165) is 6.07 Å². The Labute approximate surface area is 131 Å². The molecular weight excluding hydrogens is 313 g/mol. The Hall–Kier alpha value is -2.34. The lowest BCUT2D eigenvalue weighted by atomic mass is 10.2. The molecule has 2 aromatic rings. The van der Waals surface area contributed by atoms with E-state index in [-0.39, 0.29) is 17.5 Å². The molecule has 1 aromatic carbocycles. The van der Waals surface area contributed by atoms with Crippen LogP contribution in [0.4, 0.5) is 4.39 Å². The smallest absolute Gasteiger partial charge is 0.309 e. The molecule has 0 radical (unpaired) electrons. The van der Waals surface area contributed by atoms with E-state index in [0.29, 0.717) is 11.5 Å². The highest BCUT2D eigenvalue weighted by Gasteiger charge is 2.12. The normalized spacial score (nSPS) is 11.8. The van der Waals surface area contributed by atoms with Crippen molar-refractivity contribution in [1.29, 1.82) is 0 Å². The van der Waals surface area contributed by atoms with Crippen LogP contribution in [-0.4, -0.2) is 22.7 Å². The Kier molecular flexibility index (Phi) is 5.16. The molecule has 0 fully saturated rings. The van der Waals surface area contributed by atoms with Crippen molar-refractivity contribution in [2.24, 2.45) is 5.92 Å². The molecule has 2 rings (SSSR count). The van der Waals surface area contributed by atoms with Gasteiger partial charge >= 0.3 is 5.97 Å². The predicted octanol–water partition coefficient (Wildman–Crippen LogP) is 3.77. The molecular formula is C15H13ClFNO4. The third-order valence-electron chi connectivity index (χ3n) is 2.73. The number of nitrogens with zero attached hydrogens (tertiary/aromatic N) is 1. The van der Waals surface area contributed by atoms with E-state index in [4.69, 9.17) is 26.2 Å². The summed E-state index contributed by atoms with van der Waals surface area (Å²) < 4.78 is 24.2. The second-order valence-electron chi connectivity index (χ2n) is 4.56. The van der Waals surface area contributed by atoms with Gasteiger partial charge in [0, 0.05) is 6.20 Å². The Morgan fingerprint density at radius 1 is 1.36 bits per heavy atom. The molecule has 0 aliphatic heterocycles. The number of aliphatic carboxylic acids is 1. The molecule has 1 atom stereocenters. The van der Waals surface area contributed by atoms with Crippen molar-refractivity contribution in [2.45, 2.75) is 6.92 Å². The first kappa shape index (κ1) is 16.0. The van der Waals surface area contributed by atoms with E-state index >= 15 is 0 Å². The zero-order chi connectivity index (χ0) is 16.1. The summed E-state index contributed by atoms with van der Waals surface area (Å²) in [6.45, 7) is 1.61. The molecule has 1 aromatic heterocycles. The Bertz CT molecular complexity index is 663. The summed E-state index contributed by atoms with van der Waals surface area (Å²) in [4.78, 5) is 14.4. The minimum Gasteiger partial charge on any atom is -0.493 e. The zero-order valence-electron chi connectivity index (χ0n) is 11.6. The quantitative estimate of drug-likeness (QED) is 0.875. The highest BCUT2D eigenvalue weighted by Crippen LogP contribution is 2.25. The van der Waals surface area contributed by atoms with Crippen LogP contribution in [0.25, 0.3) is 0 Å². The average molecular weight is 326 g/mol. The van der Waals surface area contributed by atoms with Crippen LogP contribution in [0, 0.1) is 11.7 Å². The molecule has 1 heterocycles. The molecule has 22 heavy (non-hydrogen) atoms. The summed E-state index contributed by atoms with van der Waals surface area (Å²) in [5.74, 6) is -1.52. The lowest BCUT2D eigenvalue weighted by Gasteiger charge is -2.10. The van der Waals surface area contributed by atoms with Crippen LogP contribution < -0.4 is 9.47 Å². The summed E-state index contributed by atoms with van der Waals surface area (Å²) in [7, 11) is 0. The summed E-state index contributed by atoms with van der Waals surface area (Å²) >= 11 is 5.61. The Balaban J connectivity index is 1.98. The molecule has 0 spiro atoms. The number of carboxylic acid groups (broad SMARTS) is 1. The molecule has 1 unspecified atom stereocenters. The van der Waals surface area contributed by atoms with E-state index < -0.39 is 17.7 Å². The summed E-state index contributed by atoms with van der Waals surface area (Å²) in [6.07, 6.45) is 1.28. The largest absolute Gasteiger partial charge is 0.493 e. The lowest BCUT2D eigenvalue weighted by molar-refractivity contribution is -0.142. The minimum atomic E-state index is -0.927. The van der Waals surface area contributed by atoms with Gasteiger partial charge in [-0.1, -0.05) is 11.6 Å². The fraction of sp³-hybridized carbons (Fsp3) is 0.200. The van der Waals surface area contributed by atoms with Crippen LogP contribution in [0.2, 0.25) is 5.02 Å². The number of benzene rings is 1. The van der Waals surface area contributed by atoms with Crippen molar-refractivity contribution in [3.8, 4) is 17.4 Å². The topological polar surface area (TPSA) is 68.7 Å². The number of hydrogen-bond acceptors (Lipinski definition) is 4. The van der Waals surface area contributed by atoms with Crippen molar-refractivity contribution in [3.63, 3.8) is 0 Å². The maximum absolute atomic E-state index is 13.5. The molecule has 7 heteroatoms. The first-order valence-corrected chi connectivity index (χ1v) is 6.78. The van der Waals surface area contributed by atoms with Gasteiger partial charge in [0.05, 0.1) is 10.9 Å². The molecule has 0 aliphatic carbocycles. The molecule has 0 aliphatic rings. The van der Waals surface area contributed by atoms with Gasteiger partial charge in [-0.2, -0.15) is 0 Å². The van der Waals surface area contributed by atoms with Crippen LogP contribution in [0.15, 0.2) is 36.5 Å². The third-order valence-corrected chi connectivity index (χ3v) is 2.94. The monoisotopic (exact) mass is 325 g/mol. The van der Waals surface area contributed by atoms with E-state index in [1.165, 1.54) is 6.20 Å². The summed E-state index contributed by atoms with van der Waals surface area (Å²) in [6, 6.07) is 7.43. The SMILES string of the molecule is CC(COc1ccc(Oc2ncc(Cl)cc2F)cc1)C(=O)O. The molecule has 1 N–H and O–H groups in total. The lowest BCUT2D eigenvalue weighted by Crippen LogP contribution is -2.17. The van der Waals surface area contributed by atoms with Crippen LogP contribution in [0.5, 0.6) is 17.4 Å². The molecule has 0 saturated carbocycles. The van der Waals surface area contributed by atoms with E-state index in [9.17, 15) is 9.18 Å². The average Bonchev–Trinajstić information content (AvgIpc) is 2.49. The van der Waals surface area contributed by atoms with Gasteiger partial charge < -0.3 is 14.6 Å². The summed E-state index contributed by atoms with van der Waals surface area (Å²) in [5, 5.41) is 8.94. The Morgan fingerprint density at radius 2 is 2.00 bits per heavy atom. The fourth-order valence-electron chi connectivity index (χ4n) is 1.49. The van der Waals surface area contributed by atoms with Gasteiger partial charge in [0.1, 0.15) is 18.1 Å². The Morgan fingerprint density at radius 3 is 2.59 bits per heavy atom. The first-order chi connectivity index (χ1) is 10.5. The highest BCUT2D eigenvalue weighted by molar-refractivity contribution is 6.30. The van der Waals surface area contributed by atoms with Crippen molar-refractivity contribution in [1.82, 2.24) is 4.98 Å². The van der Waals surface area contributed by atoms with Crippen LogP contribution in [0.3, 0.4) is 0 Å². The van der Waals surface area contributed by atoms with E-state index in [1.807, 2.05) is 0 Å². The third kappa shape index (κ3) is 4.33. The van der Waals surface area contributed by atoms with Crippen molar-refractivity contribution < 1.29 is 23.8 Å². The minimum absolute atomic E-state index is 0.0584. The van der Waals surface area contributed by atoms with Gasteiger partial charge in [0.25, 0.3) is 5.88 Å². The van der Waals surface area contributed by atoms with Gasteiger partial charge in [-0.3, -0.25) is 4.79 Å². The molecule has 116 valence electrons. The van der Waals surface area contributed by atoms with Crippen molar-refractivity contribution in [3.05, 3.63) is 47.4 Å². The maximum Gasteiger partial charge on any atom is 0.309 e. The van der Waals surface area contributed by atoms with E-state index in [1.54, 1.807) is 31.2 Å². The standard InChI is InChI=1S/C15H13ClFNO4/c1-9(15(19)20)8-21-11-2-4-12(5-3-11)22-14-13(17)6-10(16)7-18-14/h2-7,9H,8H2,1H3,(H,19,20). The number of pyridine rings is 1. The molecule has 0 bridgehead atoms. The second-order valence-corrected chi connectivity index (χ2v) is 5.00. The number of carboxylic acids is 1. The number of rotatable bonds is 6. The molecule has 5 nitrogen and oxygen atoms in total. The van der Waals surface area contributed by atoms with E-state index in [2.05, 4.69) is 4.98 Å². The first-order valence-electron chi connectivity index (χ1n) is 6.40. The fourth-order valence-corrected chi connectivity index (χ4v) is 1.63. The highest BCUT2D eigenvalue weighted by atomic mass is 35.5. The van der Waals surface area contributed by atoms with Crippen LogP contribution >= 0.6 is 11.6 Å². The molecule has 0 saturated heterocycles. The second kappa shape index (κ2) is 7.09. The van der Waals surface area contributed by atoms with Crippen LogP contribution in [0.1, 0.15) is 6.92 Å². The predicted molar refractivity (Wildman–Crippen MR) is 78.0 cm³/mol. The number of aromatic nitrogens is 1. The van der Waals surface area contributed by atoms with Crippen LogP contribution in [-0.2, 0) is 4.79 Å². The summed E-state index contributed by atoms with van der Waals surface area (Å²) in [5.41, 5.74) is 0. The van der Waals surface area contributed by atoms with Gasteiger partial charge in [0.15, 0.2) is 5.82 Å². The van der Waals surface area contributed by atoms with Gasteiger partial charge in [0.2, 0.25) is 0 Å². The number of halogens is 2. The number of carbonyl (C=O) groups is 1.